The van der Waals surface area contributed by atoms with Gasteiger partial charge < -0.3 is 4.74 Å². The summed E-state index contributed by atoms with van der Waals surface area (Å²) in [7, 11) is 0. The van der Waals surface area contributed by atoms with Crippen molar-refractivity contribution in [1.29, 1.82) is 0 Å². The first-order valence-corrected chi connectivity index (χ1v) is 13.0. The molecule has 8 nitrogen and oxygen atoms in total. The standard InChI is InChI=1S/C28H25BrN4O4/c29-22-14-15-24-23(16-22)28(34)32(27(31-24)20-10-5-2-6-11-20)30-17-21-12-7-13-25(33(35)36)26(21)37-18-19-8-3-1-4-9-19/h1,3-4,7-9,12-17,20H,2,5-6,10-11,18H2. The minimum atomic E-state index is -0.480. The molecule has 3 aromatic carbocycles. The Bertz CT molecular complexity index is 1530. The van der Waals surface area contributed by atoms with E-state index in [9.17, 15) is 14.9 Å². The number of rotatable bonds is 7. The molecule has 0 unspecified atom stereocenters. The lowest BCUT2D eigenvalue weighted by Gasteiger charge is -2.22. The quantitative estimate of drug-likeness (QED) is 0.144. The maximum absolute atomic E-state index is 13.6. The molecule has 1 aromatic heterocycles. The molecule has 0 radical (unpaired) electrons. The Morgan fingerprint density at radius 3 is 2.62 bits per heavy atom. The van der Waals surface area contributed by atoms with Crippen molar-refractivity contribution in [2.75, 3.05) is 0 Å². The lowest BCUT2D eigenvalue weighted by atomic mass is 9.88. The molecule has 0 atom stereocenters. The van der Waals surface area contributed by atoms with Gasteiger partial charge in [0.05, 0.1) is 22.0 Å². The fourth-order valence-electron chi connectivity index (χ4n) is 4.70. The lowest BCUT2D eigenvalue weighted by molar-refractivity contribution is -0.385. The molecule has 1 heterocycles. The number of nitrogens with zero attached hydrogens (tertiary/aromatic N) is 4. The summed E-state index contributed by atoms with van der Waals surface area (Å²) in [5, 5.41) is 16.8. The molecule has 1 aliphatic rings. The molecule has 1 saturated carbocycles. The highest BCUT2D eigenvalue weighted by Gasteiger charge is 2.23. The molecular weight excluding hydrogens is 536 g/mol. The summed E-state index contributed by atoms with van der Waals surface area (Å²) in [4.78, 5) is 29.7. The second-order valence-electron chi connectivity index (χ2n) is 9.05. The number of aromatic nitrogens is 2. The van der Waals surface area contributed by atoms with Crippen molar-refractivity contribution >= 4 is 38.7 Å². The van der Waals surface area contributed by atoms with Crippen molar-refractivity contribution in [1.82, 2.24) is 9.66 Å². The third-order valence-electron chi connectivity index (χ3n) is 6.56. The van der Waals surface area contributed by atoms with Gasteiger partial charge in [0.15, 0.2) is 0 Å². The molecule has 0 spiro atoms. The van der Waals surface area contributed by atoms with E-state index in [2.05, 4.69) is 21.0 Å². The zero-order valence-corrected chi connectivity index (χ0v) is 21.6. The summed E-state index contributed by atoms with van der Waals surface area (Å²) in [5.74, 6) is 0.836. The molecule has 0 N–H and O–H groups in total. The normalized spacial score (nSPS) is 14.3. The van der Waals surface area contributed by atoms with E-state index < -0.39 is 4.92 Å². The molecule has 1 aliphatic carbocycles. The van der Waals surface area contributed by atoms with E-state index in [0.29, 0.717) is 22.3 Å². The van der Waals surface area contributed by atoms with E-state index in [1.807, 2.05) is 42.5 Å². The van der Waals surface area contributed by atoms with Crippen molar-refractivity contribution < 1.29 is 9.66 Å². The molecule has 37 heavy (non-hydrogen) atoms. The maximum atomic E-state index is 13.6. The Balaban J connectivity index is 1.59. The first kappa shape index (κ1) is 24.8. The largest absolute Gasteiger partial charge is 0.481 e. The Hall–Kier alpha value is -3.85. The van der Waals surface area contributed by atoms with Gasteiger partial charge in [0.25, 0.3) is 5.56 Å². The molecule has 4 aromatic rings. The first-order chi connectivity index (χ1) is 18.0. The van der Waals surface area contributed by atoms with Crippen LogP contribution in [0.3, 0.4) is 0 Å². The van der Waals surface area contributed by atoms with Gasteiger partial charge in [-0.2, -0.15) is 9.78 Å². The van der Waals surface area contributed by atoms with Crippen LogP contribution in [0.25, 0.3) is 10.9 Å². The van der Waals surface area contributed by atoms with Crippen LogP contribution in [0.5, 0.6) is 5.75 Å². The number of fused-ring (bicyclic) bond motifs is 1. The number of ether oxygens (including phenoxy) is 1. The molecule has 0 saturated heterocycles. The Kier molecular flexibility index (Phi) is 7.41. The number of hydrogen-bond acceptors (Lipinski definition) is 6. The lowest BCUT2D eigenvalue weighted by Crippen LogP contribution is -2.25. The Morgan fingerprint density at radius 1 is 1.08 bits per heavy atom. The highest BCUT2D eigenvalue weighted by Crippen LogP contribution is 2.33. The molecule has 0 aliphatic heterocycles. The topological polar surface area (TPSA) is 99.6 Å². The number of hydrogen-bond donors (Lipinski definition) is 0. The third kappa shape index (κ3) is 5.46. The van der Waals surface area contributed by atoms with E-state index in [0.717, 1.165) is 35.7 Å². The van der Waals surface area contributed by atoms with E-state index in [1.54, 1.807) is 18.2 Å². The first-order valence-electron chi connectivity index (χ1n) is 12.2. The second kappa shape index (κ2) is 11.0. The van der Waals surface area contributed by atoms with Crippen molar-refractivity contribution in [2.24, 2.45) is 5.10 Å². The number of nitro groups is 1. The summed E-state index contributed by atoms with van der Waals surface area (Å²) < 4.78 is 8.05. The van der Waals surface area contributed by atoms with E-state index >= 15 is 0 Å². The highest BCUT2D eigenvalue weighted by molar-refractivity contribution is 9.10. The van der Waals surface area contributed by atoms with Gasteiger partial charge in [-0.15, -0.1) is 0 Å². The van der Waals surface area contributed by atoms with Gasteiger partial charge in [0.1, 0.15) is 12.4 Å². The van der Waals surface area contributed by atoms with Gasteiger partial charge in [0.2, 0.25) is 5.75 Å². The summed E-state index contributed by atoms with van der Waals surface area (Å²) in [6.07, 6.45) is 6.64. The fourth-order valence-corrected chi connectivity index (χ4v) is 5.06. The molecule has 5 rings (SSSR count). The average molecular weight is 561 g/mol. The molecular formula is C28H25BrN4O4. The fraction of sp³-hybridized carbons (Fsp3) is 0.250. The Morgan fingerprint density at radius 2 is 1.86 bits per heavy atom. The van der Waals surface area contributed by atoms with E-state index in [4.69, 9.17) is 9.72 Å². The molecule has 1 fully saturated rings. The monoisotopic (exact) mass is 560 g/mol. The van der Waals surface area contributed by atoms with Gasteiger partial charge in [-0.1, -0.05) is 71.6 Å². The second-order valence-corrected chi connectivity index (χ2v) is 9.97. The van der Waals surface area contributed by atoms with E-state index in [1.165, 1.54) is 23.4 Å². The van der Waals surface area contributed by atoms with Crippen molar-refractivity contribution in [3.05, 3.63) is 109 Å². The van der Waals surface area contributed by atoms with Gasteiger partial charge in [-0.3, -0.25) is 14.9 Å². The van der Waals surface area contributed by atoms with Crippen LogP contribution in [0.4, 0.5) is 5.69 Å². The summed E-state index contributed by atoms with van der Waals surface area (Å²) in [6.45, 7) is 0.158. The summed E-state index contributed by atoms with van der Waals surface area (Å²) in [6, 6.07) is 19.5. The molecule has 0 amide bonds. The van der Waals surface area contributed by atoms with Gasteiger partial charge in [0, 0.05) is 22.0 Å². The summed E-state index contributed by atoms with van der Waals surface area (Å²) in [5.41, 5.74) is 1.47. The number of nitro benzene ring substituents is 1. The van der Waals surface area contributed by atoms with Gasteiger partial charge >= 0.3 is 5.69 Å². The molecule has 9 heteroatoms. The van der Waals surface area contributed by atoms with E-state index in [-0.39, 0.29) is 29.5 Å². The predicted octanol–water partition coefficient (Wildman–Crippen LogP) is 6.58. The zero-order chi connectivity index (χ0) is 25.8. The number of halogens is 1. The van der Waals surface area contributed by atoms with Crippen LogP contribution in [0, 0.1) is 10.1 Å². The van der Waals surface area contributed by atoms with Crippen LogP contribution in [-0.4, -0.2) is 20.8 Å². The number of benzene rings is 3. The SMILES string of the molecule is O=c1c2cc(Br)ccc2nc(C2CCCCC2)n1N=Cc1cccc([N+](=O)[O-])c1OCc1ccccc1. The number of para-hydroxylation sites is 1. The van der Waals surface area contributed by atoms with Gasteiger partial charge in [-0.05, 0) is 42.7 Å². The van der Waals surface area contributed by atoms with Crippen LogP contribution in [0.1, 0.15) is 55.0 Å². The third-order valence-corrected chi connectivity index (χ3v) is 7.06. The maximum Gasteiger partial charge on any atom is 0.311 e. The summed E-state index contributed by atoms with van der Waals surface area (Å²) >= 11 is 3.43. The smallest absolute Gasteiger partial charge is 0.311 e. The van der Waals surface area contributed by atoms with Crippen LogP contribution >= 0.6 is 15.9 Å². The molecule has 188 valence electrons. The minimum absolute atomic E-state index is 0.101. The average Bonchev–Trinajstić information content (AvgIpc) is 2.92. The highest BCUT2D eigenvalue weighted by atomic mass is 79.9. The van der Waals surface area contributed by atoms with Crippen LogP contribution in [0.2, 0.25) is 0 Å². The predicted molar refractivity (Wildman–Crippen MR) is 146 cm³/mol. The Labute approximate surface area is 221 Å². The van der Waals surface area contributed by atoms with Crippen LogP contribution in [-0.2, 0) is 6.61 Å². The zero-order valence-electron chi connectivity index (χ0n) is 20.0. The van der Waals surface area contributed by atoms with Crippen LogP contribution < -0.4 is 10.3 Å². The molecule has 0 bridgehead atoms. The van der Waals surface area contributed by atoms with Crippen LogP contribution in [0.15, 0.2) is 81.1 Å². The van der Waals surface area contributed by atoms with Crippen molar-refractivity contribution in [2.45, 2.75) is 44.6 Å². The van der Waals surface area contributed by atoms with Crippen molar-refractivity contribution in [3.8, 4) is 5.75 Å². The van der Waals surface area contributed by atoms with Gasteiger partial charge in [-0.25, -0.2) is 4.98 Å². The minimum Gasteiger partial charge on any atom is -0.481 e. The van der Waals surface area contributed by atoms with Crippen molar-refractivity contribution in [3.63, 3.8) is 0 Å².